The molecule has 108 valence electrons. The SMILES string of the molecule is c1c2c(c(COCN3CCCC3)c3c1CCC3)CCC2. The zero-order valence-corrected chi connectivity index (χ0v) is 12.4. The van der Waals surface area contributed by atoms with Gasteiger partial charge in [0.25, 0.3) is 0 Å². The van der Waals surface area contributed by atoms with Crippen molar-refractivity contribution in [2.24, 2.45) is 0 Å². The monoisotopic (exact) mass is 271 g/mol. The van der Waals surface area contributed by atoms with Gasteiger partial charge in [-0.15, -0.1) is 0 Å². The molecule has 4 rings (SSSR count). The summed E-state index contributed by atoms with van der Waals surface area (Å²) in [7, 11) is 0. The molecule has 1 fully saturated rings. The van der Waals surface area contributed by atoms with Gasteiger partial charge >= 0.3 is 0 Å². The van der Waals surface area contributed by atoms with E-state index in [1.807, 2.05) is 0 Å². The van der Waals surface area contributed by atoms with Crippen LogP contribution in [0.2, 0.25) is 0 Å². The van der Waals surface area contributed by atoms with E-state index < -0.39 is 0 Å². The molecule has 20 heavy (non-hydrogen) atoms. The van der Waals surface area contributed by atoms with E-state index in [0.29, 0.717) is 0 Å². The fraction of sp³-hybridized carbons (Fsp3) is 0.667. The Morgan fingerprint density at radius 2 is 1.50 bits per heavy atom. The number of fused-ring (bicyclic) bond motifs is 2. The number of aryl methyl sites for hydroxylation is 2. The number of nitrogens with zero attached hydrogens (tertiary/aromatic N) is 1. The minimum absolute atomic E-state index is 0.832. The Balaban J connectivity index is 1.51. The van der Waals surface area contributed by atoms with Crippen LogP contribution in [0.3, 0.4) is 0 Å². The lowest BCUT2D eigenvalue weighted by molar-refractivity contribution is 0.0306. The summed E-state index contributed by atoms with van der Waals surface area (Å²) in [5.41, 5.74) is 8.13. The summed E-state index contributed by atoms with van der Waals surface area (Å²) >= 11 is 0. The third-order valence-electron chi connectivity index (χ3n) is 5.32. The standard InChI is InChI=1S/C18H25NO/c1-2-10-19(9-1)13-20-12-18-16-7-3-5-14(16)11-15-6-4-8-17(15)18/h11H,1-10,12-13H2. The van der Waals surface area contributed by atoms with Crippen LogP contribution in [-0.2, 0) is 37.0 Å². The van der Waals surface area contributed by atoms with Gasteiger partial charge in [0.1, 0.15) is 0 Å². The zero-order chi connectivity index (χ0) is 13.4. The molecule has 2 aliphatic carbocycles. The molecular formula is C18H25NO. The van der Waals surface area contributed by atoms with Crippen molar-refractivity contribution in [3.05, 3.63) is 33.9 Å². The first-order valence-electron chi connectivity index (χ1n) is 8.37. The predicted molar refractivity (Wildman–Crippen MR) is 81.0 cm³/mol. The number of rotatable bonds is 4. The fourth-order valence-electron chi connectivity index (χ4n) is 4.30. The summed E-state index contributed by atoms with van der Waals surface area (Å²) in [6.07, 6.45) is 10.5. The van der Waals surface area contributed by atoms with Crippen LogP contribution in [0.25, 0.3) is 0 Å². The van der Waals surface area contributed by atoms with E-state index in [4.69, 9.17) is 4.74 Å². The van der Waals surface area contributed by atoms with Crippen molar-refractivity contribution >= 4 is 0 Å². The Bertz CT molecular complexity index is 470. The van der Waals surface area contributed by atoms with Crippen molar-refractivity contribution in [1.82, 2.24) is 4.90 Å². The molecule has 0 amide bonds. The van der Waals surface area contributed by atoms with Gasteiger partial charge in [-0.3, -0.25) is 4.90 Å². The van der Waals surface area contributed by atoms with E-state index in [2.05, 4.69) is 11.0 Å². The van der Waals surface area contributed by atoms with Crippen LogP contribution in [0.4, 0.5) is 0 Å². The van der Waals surface area contributed by atoms with Gasteiger partial charge in [0.05, 0.1) is 13.3 Å². The Hall–Kier alpha value is -0.860. The molecular weight excluding hydrogens is 246 g/mol. The van der Waals surface area contributed by atoms with E-state index in [0.717, 1.165) is 13.3 Å². The van der Waals surface area contributed by atoms with Gasteiger partial charge < -0.3 is 4.74 Å². The molecule has 0 saturated carbocycles. The first-order valence-corrected chi connectivity index (χ1v) is 8.37. The highest BCUT2D eigenvalue weighted by atomic mass is 16.5. The second kappa shape index (κ2) is 5.50. The van der Waals surface area contributed by atoms with Gasteiger partial charge in [-0.05, 0) is 79.2 Å². The number of benzene rings is 1. The van der Waals surface area contributed by atoms with Crippen molar-refractivity contribution in [3.63, 3.8) is 0 Å². The lowest BCUT2D eigenvalue weighted by atomic mass is 9.95. The van der Waals surface area contributed by atoms with E-state index in [-0.39, 0.29) is 0 Å². The number of likely N-dealkylation sites (tertiary alicyclic amines) is 1. The molecule has 0 radical (unpaired) electrons. The minimum atomic E-state index is 0.832. The van der Waals surface area contributed by atoms with Crippen molar-refractivity contribution in [3.8, 4) is 0 Å². The molecule has 1 aliphatic heterocycles. The molecule has 0 N–H and O–H groups in total. The number of hydrogen-bond donors (Lipinski definition) is 0. The molecule has 3 aliphatic rings. The Kier molecular flexibility index (Phi) is 3.53. The highest BCUT2D eigenvalue weighted by molar-refractivity contribution is 5.49. The first-order chi connectivity index (χ1) is 9.92. The van der Waals surface area contributed by atoms with Crippen LogP contribution in [0.5, 0.6) is 0 Å². The third-order valence-corrected chi connectivity index (χ3v) is 5.32. The molecule has 2 nitrogen and oxygen atoms in total. The normalized spacial score (nSPS) is 21.4. The summed E-state index contributed by atoms with van der Waals surface area (Å²) in [6, 6.07) is 2.51. The maximum atomic E-state index is 6.08. The smallest absolute Gasteiger partial charge is 0.0994 e. The minimum Gasteiger partial charge on any atom is -0.361 e. The highest BCUT2D eigenvalue weighted by Crippen LogP contribution is 2.35. The quantitative estimate of drug-likeness (QED) is 0.833. The maximum Gasteiger partial charge on any atom is 0.0994 e. The second-order valence-corrected chi connectivity index (χ2v) is 6.64. The first kappa shape index (κ1) is 12.8. The lowest BCUT2D eigenvalue weighted by Crippen LogP contribution is -2.22. The van der Waals surface area contributed by atoms with Crippen LogP contribution in [0.1, 0.15) is 53.5 Å². The molecule has 1 saturated heterocycles. The molecule has 0 atom stereocenters. The number of hydrogen-bond acceptors (Lipinski definition) is 2. The van der Waals surface area contributed by atoms with Crippen molar-refractivity contribution in [2.45, 2.75) is 58.0 Å². The molecule has 1 aromatic rings. The van der Waals surface area contributed by atoms with Crippen LogP contribution < -0.4 is 0 Å². The van der Waals surface area contributed by atoms with Gasteiger partial charge in [-0.2, -0.15) is 0 Å². The van der Waals surface area contributed by atoms with Crippen LogP contribution >= 0.6 is 0 Å². The van der Waals surface area contributed by atoms with E-state index in [9.17, 15) is 0 Å². The van der Waals surface area contributed by atoms with Gasteiger partial charge in [0.2, 0.25) is 0 Å². The molecule has 2 heteroatoms. The molecule has 1 aromatic carbocycles. The van der Waals surface area contributed by atoms with Crippen molar-refractivity contribution in [2.75, 3.05) is 19.8 Å². The molecule has 0 bridgehead atoms. The summed E-state index contributed by atoms with van der Waals surface area (Å²) < 4.78 is 6.08. The van der Waals surface area contributed by atoms with Crippen LogP contribution in [0.15, 0.2) is 6.07 Å². The van der Waals surface area contributed by atoms with E-state index >= 15 is 0 Å². The molecule has 0 unspecified atom stereocenters. The summed E-state index contributed by atoms with van der Waals surface area (Å²) in [4.78, 5) is 2.45. The molecule has 1 heterocycles. The van der Waals surface area contributed by atoms with Crippen LogP contribution in [0, 0.1) is 0 Å². The Labute approximate surface area is 122 Å². The topological polar surface area (TPSA) is 12.5 Å². The van der Waals surface area contributed by atoms with Gasteiger partial charge in [-0.25, -0.2) is 0 Å². The van der Waals surface area contributed by atoms with Crippen molar-refractivity contribution < 1.29 is 4.74 Å². The zero-order valence-electron chi connectivity index (χ0n) is 12.4. The third kappa shape index (κ3) is 2.29. The van der Waals surface area contributed by atoms with Gasteiger partial charge in [-0.1, -0.05) is 6.07 Å². The molecule has 0 spiro atoms. The highest BCUT2D eigenvalue weighted by Gasteiger charge is 2.24. The average molecular weight is 271 g/mol. The summed E-state index contributed by atoms with van der Waals surface area (Å²) in [6.45, 7) is 4.14. The van der Waals surface area contributed by atoms with E-state index in [1.54, 1.807) is 27.8 Å². The summed E-state index contributed by atoms with van der Waals surface area (Å²) in [5.74, 6) is 0. The second-order valence-electron chi connectivity index (χ2n) is 6.64. The van der Waals surface area contributed by atoms with Gasteiger partial charge in [0.15, 0.2) is 0 Å². The van der Waals surface area contributed by atoms with Crippen molar-refractivity contribution in [1.29, 1.82) is 0 Å². The maximum absolute atomic E-state index is 6.08. The fourth-order valence-corrected chi connectivity index (χ4v) is 4.30. The Morgan fingerprint density at radius 3 is 2.15 bits per heavy atom. The Morgan fingerprint density at radius 1 is 0.850 bits per heavy atom. The van der Waals surface area contributed by atoms with Gasteiger partial charge in [0, 0.05) is 13.1 Å². The average Bonchev–Trinajstić information content (AvgIpc) is 3.18. The van der Waals surface area contributed by atoms with E-state index in [1.165, 1.54) is 64.5 Å². The van der Waals surface area contributed by atoms with Crippen LogP contribution in [-0.4, -0.2) is 24.7 Å². The predicted octanol–water partition coefficient (Wildman–Crippen LogP) is 3.23. The summed E-state index contributed by atoms with van der Waals surface area (Å²) in [5, 5.41) is 0. The molecule has 0 aromatic heterocycles. The lowest BCUT2D eigenvalue weighted by Gasteiger charge is -2.18. The number of ether oxygens (including phenoxy) is 1. The largest absolute Gasteiger partial charge is 0.361 e.